The number of ether oxygens (including phenoxy) is 2. The predicted octanol–water partition coefficient (Wildman–Crippen LogP) is 2.80. The van der Waals surface area contributed by atoms with Crippen molar-refractivity contribution in [1.29, 1.82) is 0 Å². The van der Waals surface area contributed by atoms with E-state index in [2.05, 4.69) is 4.90 Å². The van der Waals surface area contributed by atoms with Crippen LogP contribution in [0.4, 0.5) is 0 Å². The van der Waals surface area contributed by atoms with Gasteiger partial charge in [-0.05, 0) is 37.5 Å². The van der Waals surface area contributed by atoms with Gasteiger partial charge < -0.3 is 9.47 Å². The Hall–Kier alpha value is -1.26. The Bertz CT molecular complexity index is 543. The highest BCUT2D eigenvalue weighted by Crippen LogP contribution is 2.36. The number of hydrogen-bond donors (Lipinski definition) is 0. The van der Waals surface area contributed by atoms with E-state index in [1.807, 2.05) is 19.1 Å². The maximum atomic E-state index is 11.8. The number of carbonyl (C=O) groups excluding carboxylic acids is 1. The number of nitrogens with zero attached hydrogens (tertiary/aromatic N) is 1. The van der Waals surface area contributed by atoms with Crippen LogP contribution in [0.1, 0.15) is 30.9 Å². The molecule has 1 aromatic carbocycles. The molecule has 1 aromatic rings. The molecule has 1 aliphatic heterocycles. The summed E-state index contributed by atoms with van der Waals surface area (Å²) in [5.41, 5.74) is 2.25. The van der Waals surface area contributed by atoms with Gasteiger partial charge in [0, 0.05) is 29.6 Å². The van der Waals surface area contributed by atoms with Crippen molar-refractivity contribution in [2.75, 3.05) is 19.8 Å². The van der Waals surface area contributed by atoms with Gasteiger partial charge in [-0.15, -0.1) is 0 Å². The van der Waals surface area contributed by atoms with Crippen LogP contribution in [0.15, 0.2) is 12.1 Å². The first kappa shape index (κ1) is 14.7. The Morgan fingerprint density at radius 3 is 3.00 bits per heavy atom. The molecule has 0 aromatic heterocycles. The minimum absolute atomic E-state index is 0.163. The topological polar surface area (TPSA) is 38.8 Å². The van der Waals surface area contributed by atoms with Crippen LogP contribution in [0, 0.1) is 0 Å². The van der Waals surface area contributed by atoms with Crippen LogP contribution in [-0.4, -0.2) is 36.7 Å². The molecule has 0 N–H and O–H groups in total. The fourth-order valence-electron chi connectivity index (χ4n) is 2.81. The fraction of sp³-hybridized carbons (Fsp3) is 0.562. The van der Waals surface area contributed by atoms with Gasteiger partial charge in [-0.25, -0.2) is 0 Å². The summed E-state index contributed by atoms with van der Waals surface area (Å²) in [5.74, 6) is 0.790. The van der Waals surface area contributed by atoms with Gasteiger partial charge in [-0.2, -0.15) is 0 Å². The van der Waals surface area contributed by atoms with Crippen LogP contribution >= 0.6 is 11.6 Å². The normalized spacial score (nSPS) is 16.7. The average molecular weight is 310 g/mol. The maximum Gasteiger partial charge on any atom is 0.320 e. The quantitative estimate of drug-likeness (QED) is 0.758. The largest absolute Gasteiger partial charge is 0.493 e. The van der Waals surface area contributed by atoms with E-state index in [9.17, 15) is 4.79 Å². The van der Waals surface area contributed by atoms with E-state index in [-0.39, 0.29) is 5.97 Å². The predicted molar refractivity (Wildman–Crippen MR) is 80.7 cm³/mol. The number of halogens is 1. The van der Waals surface area contributed by atoms with Crippen molar-refractivity contribution in [2.45, 2.75) is 38.8 Å². The van der Waals surface area contributed by atoms with E-state index in [0.29, 0.717) is 32.3 Å². The number of hydrogen-bond acceptors (Lipinski definition) is 4. The number of esters is 1. The van der Waals surface area contributed by atoms with E-state index < -0.39 is 0 Å². The molecule has 2 aliphatic rings. The maximum absolute atomic E-state index is 11.8. The second kappa shape index (κ2) is 6.24. The van der Waals surface area contributed by atoms with Crippen LogP contribution in [-0.2, 0) is 22.5 Å². The Morgan fingerprint density at radius 2 is 2.29 bits per heavy atom. The minimum Gasteiger partial charge on any atom is -0.493 e. The number of carbonyl (C=O) groups is 1. The van der Waals surface area contributed by atoms with Crippen LogP contribution < -0.4 is 4.74 Å². The molecule has 0 atom stereocenters. The summed E-state index contributed by atoms with van der Waals surface area (Å²) in [6, 6.07) is 4.40. The fourth-order valence-corrected chi connectivity index (χ4v) is 3.07. The molecule has 21 heavy (non-hydrogen) atoms. The van der Waals surface area contributed by atoms with Gasteiger partial charge in [0.2, 0.25) is 0 Å². The van der Waals surface area contributed by atoms with Gasteiger partial charge in [0.15, 0.2) is 0 Å². The van der Waals surface area contributed by atoms with Crippen molar-refractivity contribution in [3.63, 3.8) is 0 Å². The molecule has 0 saturated heterocycles. The number of benzene rings is 1. The first-order valence-corrected chi connectivity index (χ1v) is 7.89. The van der Waals surface area contributed by atoms with Crippen LogP contribution in [0.25, 0.3) is 0 Å². The first-order valence-electron chi connectivity index (χ1n) is 7.51. The Balaban J connectivity index is 1.75. The van der Waals surface area contributed by atoms with Crippen molar-refractivity contribution >= 4 is 17.6 Å². The summed E-state index contributed by atoms with van der Waals surface area (Å²) in [4.78, 5) is 13.9. The van der Waals surface area contributed by atoms with Crippen molar-refractivity contribution in [1.82, 2.24) is 4.90 Å². The first-order chi connectivity index (χ1) is 10.2. The highest BCUT2D eigenvalue weighted by atomic mass is 35.5. The molecule has 0 spiro atoms. The van der Waals surface area contributed by atoms with Crippen LogP contribution in [0.5, 0.6) is 5.75 Å². The molecular formula is C16H20ClNO3. The van der Waals surface area contributed by atoms with E-state index in [1.54, 1.807) is 0 Å². The van der Waals surface area contributed by atoms with Crippen molar-refractivity contribution < 1.29 is 14.3 Å². The molecule has 0 amide bonds. The molecule has 1 saturated carbocycles. The lowest BCUT2D eigenvalue weighted by Crippen LogP contribution is -2.32. The minimum atomic E-state index is -0.163. The zero-order valence-electron chi connectivity index (χ0n) is 12.2. The van der Waals surface area contributed by atoms with Crippen molar-refractivity contribution in [3.8, 4) is 5.75 Å². The standard InChI is InChI=1S/C16H20ClNO3/c1-2-20-15(19)10-18(14-3-4-14)9-12-8-13(17)7-11-5-6-21-16(11)12/h7-8,14H,2-6,9-10H2,1H3. The molecule has 5 heteroatoms. The highest BCUT2D eigenvalue weighted by Gasteiger charge is 2.32. The lowest BCUT2D eigenvalue weighted by molar-refractivity contribution is -0.144. The Labute approximate surface area is 130 Å². The smallest absolute Gasteiger partial charge is 0.320 e. The number of rotatable bonds is 6. The third kappa shape index (κ3) is 3.50. The second-order valence-electron chi connectivity index (χ2n) is 5.59. The van der Waals surface area contributed by atoms with Gasteiger partial charge in [0.1, 0.15) is 5.75 Å². The van der Waals surface area contributed by atoms with Crippen molar-refractivity contribution in [2.24, 2.45) is 0 Å². The van der Waals surface area contributed by atoms with Crippen molar-refractivity contribution in [3.05, 3.63) is 28.3 Å². The van der Waals surface area contributed by atoms with E-state index in [0.717, 1.165) is 35.6 Å². The molecular weight excluding hydrogens is 290 g/mol. The molecule has 3 rings (SSSR count). The second-order valence-corrected chi connectivity index (χ2v) is 6.03. The lowest BCUT2D eigenvalue weighted by Gasteiger charge is -2.22. The van der Waals surface area contributed by atoms with Crippen LogP contribution in [0.2, 0.25) is 5.02 Å². The lowest BCUT2D eigenvalue weighted by atomic mass is 10.1. The third-order valence-corrected chi connectivity index (χ3v) is 4.12. The zero-order chi connectivity index (χ0) is 14.8. The summed E-state index contributed by atoms with van der Waals surface area (Å²) < 4.78 is 10.8. The zero-order valence-corrected chi connectivity index (χ0v) is 13.0. The highest BCUT2D eigenvalue weighted by molar-refractivity contribution is 6.30. The molecule has 1 aliphatic carbocycles. The molecule has 0 bridgehead atoms. The average Bonchev–Trinajstić information content (AvgIpc) is 3.17. The van der Waals surface area contributed by atoms with Gasteiger partial charge in [0.05, 0.1) is 19.8 Å². The molecule has 0 radical (unpaired) electrons. The van der Waals surface area contributed by atoms with Crippen LogP contribution in [0.3, 0.4) is 0 Å². The van der Waals surface area contributed by atoms with E-state index >= 15 is 0 Å². The summed E-state index contributed by atoms with van der Waals surface area (Å²) in [6.45, 7) is 3.99. The molecule has 0 unspecified atom stereocenters. The van der Waals surface area contributed by atoms with Gasteiger partial charge in [-0.1, -0.05) is 11.6 Å². The summed E-state index contributed by atoms with van der Waals surface area (Å²) in [7, 11) is 0. The Kier molecular flexibility index (Phi) is 4.36. The van der Waals surface area contributed by atoms with Gasteiger partial charge in [0.25, 0.3) is 0 Å². The molecule has 4 nitrogen and oxygen atoms in total. The summed E-state index contributed by atoms with van der Waals surface area (Å²) in [6.07, 6.45) is 3.19. The molecule has 1 fully saturated rings. The SMILES string of the molecule is CCOC(=O)CN(Cc1cc(Cl)cc2c1OCC2)C1CC1. The monoisotopic (exact) mass is 309 g/mol. The summed E-state index contributed by atoms with van der Waals surface area (Å²) in [5, 5.41) is 0.737. The third-order valence-electron chi connectivity index (χ3n) is 3.90. The molecule has 114 valence electrons. The number of fused-ring (bicyclic) bond motifs is 1. The van der Waals surface area contributed by atoms with Gasteiger partial charge >= 0.3 is 5.97 Å². The Morgan fingerprint density at radius 1 is 1.48 bits per heavy atom. The van der Waals surface area contributed by atoms with E-state index in [4.69, 9.17) is 21.1 Å². The van der Waals surface area contributed by atoms with E-state index in [1.165, 1.54) is 5.56 Å². The van der Waals surface area contributed by atoms with Gasteiger partial charge in [-0.3, -0.25) is 9.69 Å². The molecule has 1 heterocycles. The summed E-state index contributed by atoms with van der Waals surface area (Å²) >= 11 is 6.20.